The fourth-order valence-corrected chi connectivity index (χ4v) is 15.0. The van der Waals surface area contributed by atoms with Crippen molar-refractivity contribution in [3.8, 4) is 11.3 Å². The summed E-state index contributed by atoms with van der Waals surface area (Å²) in [6, 6.07) is 55.1. The van der Waals surface area contributed by atoms with Crippen LogP contribution in [0, 0.1) is 36.5 Å². The highest BCUT2D eigenvalue weighted by Gasteiger charge is 2.52. The van der Waals surface area contributed by atoms with Crippen LogP contribution in [0.25, 0.3) is 22.3 Å². The van der Waals surface area contributed by atoms with Gasteiger partial charge in [0, 0.05) is 62.4 Å². The van der Waals surface area contributed by atoms with Gasteiger partial charge in [0.25, 0.3) is 6.71 Å². The number of anilines is 8. The lowest BCUT2D eigenvalue weighted by Gasteiger charge is -2.54. The minimum atomic E-state index is -0.142. The van der Waals surface area contributed by atoms with E-state index in [-0.39, 0.29) is 33.8 Å². The van der Waals surface area contributed by atoms with E-state index < -0.39 is 0 Å². The topological polar surface area (TPSA) is 22.9 Å². The second kappa shape index (κ2) is 17.5. The third-order valence-electron chi connectivity index (χ3n) is 19.7. The molecule has 2 unspecified atom stereocenters. The molecule has 5 heteroatoms. The van der Waals surface area contributed by atoms with Crippen molar-refractivity contribution >= 4 is 79.6 Å². The maximum absolute atomic E-state index is 6.38. The first-order valence-electron chi connectivity index (χ1n) is 29.1. The third-order valence-corrected chi connectivity index (χ3v) is 19.7. The smallest absolute Gasteiger partial charge is 0.252 e. The molecule has 8 aromatic rings. The second-order valence-corrected chi connectivity index (χ2v) is 27.7. The Morgan fingerprint density at radius 3 is 1.83 bits per heavy atom. The van der Waals surface area contributed by atoms with Crippen molar-refractivity contribution in [1.29, 1.82) is 0 Å². The largest absolute Gasteiger partial charge is 0.456 e. The molecular formula is C73H78BN3O. The number of hydrogen-bond donors (Lipinski definition) is 0. The predicted octanol–water partition coefficient (Wildman–Crippen LogP) is 18.5. The minimum absolute atomic E-state index is 0.0186. The summed E-state index contributed by atoms with van der Waals surface area (Å²) in [5.41, 5.74) is 26.0. The van der Waals surface area contributed by atoms with E-state index in [1.807, 2.05) is 12.1 Å². The normalized spacial score (nSPS) is 20.2. The van der Waals surface area contributed by atoms with Gasteiger partial charge in [-0.2, -0.15) is 0 Å². The summed E-state index contributed by atoms with van der Waals surface area (Å²) in [4.78, 5) is 7.92. The molecule has 3 heterocycles. The molecule has 1 aromatic heterocycles. The van der Waals surface area contributed by atoms with Gasteiger partial charge >= 0.3 is 0 Å². The van der Waals surface area contributed by atoms with E-state index in [2.05, 4.69) is 257 Å². The summed E-state index contributed by atoms with van der Waals surface area (Å²) in [6.07, 6.45) is 9.90. The van der Waals surface area contributed by atoms with Crippen LogP contribution >= 0.6 is 0 Å². The lowest BCUT2D eigenvalue weighted by atomic mass is 9.33. The molecule has 78 heavy (non-hydrogen) atoms. The summed E-state index contributed by atoms with van der Waals surface area (Å²) in [6.45, 7) is 34.5. The van der Waals surface area contributed by atoms with Gasteiger partial charge in [0.1, 0.15) is 11.3 Å². The Labute approximate surface area is 466 Å². The molecule has 7 aromatic carbocycles. The van der Waals surface area contributed by atoms with Gasteiger partial charge in [0.05, 0.1) is 5.69 Å². The quantitative estimate of drug-likeness (QED) is 0.155. The Bertz CT molecular complexity index is 3750. The molecule has 394 valence electrons. The number of benzene rings is 7. The first kappa shape index (κ1) is 50.5. The average Bonchev–Trinajstić information content (AvgIpc) is 3.16. The van der Waals surface area contributed by atoms with E-state index in [4.69, 9.17) is 4.42 Å². The average molecular weight is 1020 g/mol. The molecule has 5 aliphatic rings. The van der Waals surface area contributed by atoms with Crippen molar-refractivity contribution in [1.82, 2.24) is 0 Å². The van der Waals surface area contributed by atoms with Gasteiger partial charge in [-0.05, 0) is 202 Å². The Hall–Kier alpha value is -6.98. The second-order valence-electron chi connectivity index (χ2n) is 27.7. The van der Waals surface area contributed by atoms with Gasteiger partial charge in [-0.3, -0.25) is 0 Å². The first-order chi connectivity index (χ1) is 37.0. The van der Waals surface area contributed by atoms with Crippen LogP contribution in [0.5, 0.6) is 0 Å². The van der Waals surface area contributed by atoms with E-state index in [1.165, 1.54) is 91.2 Å². The lowest BCUT2D eigenvalue weighted by Crippen LogP contribution is -2.62. The highest BCUT2D eigenvalue weighted by Crippen LogP contribution is 2.59. The predicted molar refractivity (Wildman–Crippen MR) is 333 cm³/mol. The molecule has 0 radical (unpaired) electrons. The fraction of sp³-hybridized carbons (Fsp3) is 0.342. The number of fused-ring (bicyclic) bond motifs is 7. The molecule has 1 fully saturated rings. The van der Waals surface area contributed by atoms with Gasteiger partial charge in [0.2, 0.25) is 0 Å². The van der Waals surface area contributed by atoms with Crippen LogP contribution in [0.3, 0.4) is 0 Å². The first-order valence-corrected chi connectivity index (χ1v) is 29.1. The van der Waals surface area contributed by atoms with Crippen molar-refractivity contribution < 1.29 is 4.42 Å². The molecule has 3 aliphatic carbocycles. The SMILES string of the molecule is Cc1cccc(C)c1N1c2cc(N(c3ccccc3)c3ccc(-c4cc5ccccc5o4)cc3)ccc2B2c3cc4c(cc3N(C3=CC=C5C(C3C)C(C)(C)CCC5(C)C)c3cc(C(C)(C)C)cc1c32)C(C)(C)CCC4(C)C. The van der Waals surface area contributed by atoms with E-state index in [0.29, 0.717) is 11.8 Å². The summed E-state index contributed by atoms with van der Waals surface area (Å²) in [5, 5.41) is 1.11. The number of allylic oxidation sites excluding steroid dienone is 4. The number of para-hydroxylation sites is 3. The van der Waals surface area contributed by atoms with Crippen molar-refractivity contribution in [2.45, 2.75) is 139 Å². The molecule has 4 nitrogen and oxygen atoms in total. The number of furan rings is 1. The van der Waals surface area contributed by atoms with Gasteiger partial charge in [-0.25, -0.2) is 0 Å². The lowest BCUT2D eigenvalue weighted by molar-refractivity contribution is 0.0932. The summed E-state index contributed by atoms with van der Waals surface area (Å²) in [5.74, 6) is 1.59. The maximum Gasteiger partial charge on any atom is 0.252 e. The van der Waals surface area contributed by atoms with E-state index in [0.717, 1.165) is 52.2 Å². The Morgan fingerprint density at radius 2 is 1.15 bits per heavy atom. The van der Waals surface area contributed by atoms with E-state index in [9.17, 15) is 0 Å². The van der Waals surface area contributed by atoms with Crippen LogP contribution in [0.4, 0.5) is 45.5 Å². The Kier molecular flexibility index (Phi) is 11.3. The number of hydrogen-bond acceptors (Lipinski definition) is 4. The van der Waals surface area contributed by atoms with Gasteiger partial charge in [-0.15, -0.1) is 0 Å². The summed E-state index contributed by atoms with van der Waals surface area (Å²) >= 11 is 0. The van der Waals surface area contributed by atoms with Crippen molar-refractivity contribution in [2.75, 3.05) is 14.7 Å². The molecule has 0 bridgehead atoms. The van der Waals surface area contributed by atoms with Crippen molar-refractivity contribution in [3.05, 3.63) is 197 Å². The van der Waals surface area contributed by atoms with Crippen LogP contribution in [0.15, 0.2) is 173 Å². The molecule has 13 rings (SSSR count). The molecule has 0 spiro atoms. The number of rotatable bonds is 6. The number of nitrogens with zero attached hydrogens (tertiary/aromatic N) is 3. The van der Waals surface area contributed by atoms with Crippen LogP contribution in [-0.4, -0.2) is 6.71 Å². The van der Waals surface area contributed by atoms with Gasteiger partial charge < -0.3 is 19.1 Å². The highest BCUT2D eigenvalue weighted by atomic mass is 16.3. The third kappa shape index (κ3) is 7.83. The highest BCUT2D eigenvalue weighted by molar-refractivity contribution is 7.00. The van der Waals surface area contributed by atoms with Crippen molar-refractivity contribution in [3.63, 3.8) is 0 Å². The Morgan fingerprint density at radius 1 is 0.551 bits per heavy atom. The van der Waals surface area contributed by atoms with Gasteiger partial charge in [-0.1, -0.05) is 161 Å². The van der Waals surface area contributed by atoms with Crippen LogP contribution in [-0.2, 0) is 16.2 Å². The molecule has 0 amide bonds. The molecule has 0 saturated heterocycles. The molecule has 2 aliphatic heterocycles. The zero-order valence-corrected chi connectivity index (χ0v) is 48.8. The van der Waals surface area contributed by atoms with Gasteiger partial charge in [0.15, 0.2) is 0 Å². The fourth-order valence-electron chi connectivity index (χ4n) is 15.0. The van der Waals surface area contributed by atoms with Crippen LogP contribution in [0.2, 0.25) is 0 Å². The minimum Gasteiger partial charge on any atom is -0.456 e. The van der Waals surface area contributed by atoms with E-state index in [1.54, 1.807) is 5.57 Å². The van der Waals surface area contributed by atoms with Crippen LogP contribution in [0.1, 0.15) is 137 Å². The molecule has 0 N–H and O–H groups in total. The van der Waals surface area contributed by atoms with E-state index >= 15 is 0 Å². The number of aryl methyl sites for hydroxylation is 2. The maximum atomic E-state index is 6.38. The molecule has 1 saturated carbocycles. The molecular weight excluding hydrogens is 946 g/mol. The standard InChI is InChI=1S/C73H78BN3O/c1-45-21-20-22-46(2)68(45)77-60-42-53(75(51-24-16-15-17-25-51)52-29-27-48(28-30-52)65-39-49-23-18-19-26-64(49)78-65)31-33-57(60)74-58-43-55-56(72(11,12)36-35-71(55,9)10)44-61(58)76(62-40-50(69(4,5)6)41-63(77)67(62)74)59-34-32-54-66(47(59)3)73(13,14)38-37-70(54,7)8/h15-34,39-44,47,66H,35-38H2,1-14H3. The monoisotopic (exact) mass is 1020 g/mol. The summed E-state index contributed by atoms with van der Waals surface area (Å²) in [7, 11) is 0. The van der Waals surface area contributed by atoms with Crippen LogP contribution < -0.4 is 31.1 Å². The zero-order valence-electron chi connectivity index (χ0n) is 48.8. The van der Waals surface area contributed by atoms with Crippen molar-refractivity contribution in [2.24, 2.45) is 22.7 Å². The zero-order chi connectivity index (χ0) is 54.6. The molecule has 2 atom stereocenters. The summed E-state index contributed by atoms with van der Waals surface area (Å²) < 4.78 is 6.38. The Balaban J connectivity index is 1.09.